The maximum absolute atomic E-state index is 10.5. The molecule has 1 rings (SSSR count). The van der Waals surface area contributed by atoms with E-state index >= 15 is 0 Å². The van der Waals surface area contributed by atoms with Crippen LogP contribution in [0.2, 0.25) is 0 Å². The van der Waals surface area contributed by atoms with E-state index in [9.17, 15) is 9.90 Å². The van der Waals surface area contributed by atoms with E-state index in [1.54, 1.807) is 0 Å². The van der Waals surface area contributed by atoms with Gasteiger partial charge in [0.2, 0.25) is 5.91 Å². The molecule has 0 heterocycles. The van der Waals surface area contributed by atoms with Gasteiger partial charge in [-0.25, -0.2) is 0 Å². The Morgan fingerprint density at radius 1 is 1.44 bits per heavy atom. The van der Waals surface area contributed by atoms with E-state index in [1.807, 2.05) is 0 Å². The molecule has 0 bridgehead atoms. The first kappa shape index (κ1) is 13.5. The van der Waals surface area contributed by atoms with E-state index in [2.05, 4.69) is 5.32 Å². The Bertz CT molecular complexity index is 203. The summed E-state index contributed by atoms with van der Waals surface area (Å²) in [5, 5.41) is 12.9. The van der Waals surface area contributed by atoms with Crippen LogP contribution in [0.15, 0.2) is 0 Å². The lowest BCUT2D eigenvalue weighted by molar-refractivity contribution is -0.118. The summed E-state index contributed by atoms with van der Waals surface area (Å²) in [6.45, 7) is 1.39. The van der Waals surface area contributed by atoms with Crippen molar-refractivity contribution >= 4 is 5.91 Å². The van der Waals surface area contributed by atoms with Crippen LogP contribution in [0.25, 0.3) is 0 Å². The molecule has 4 N–H and O–H groups in total. The van der Waals surface area contributed by atoms with Crippen molar-refractivity contribution in [1.29, 1.82) is 0 Å². The molecule has 4 nitrogen and oxygen atoms in total. The molecule has 1 fully saturated rings. The van der Waals surface area contributed by atoms with Gasteiger partial charge in [0.05, 0.1) is 6.10 Å². The summed E-state index contributed by atoms with van der Waals surface area (Å²) in [6, 6.07) is 0. The van der Waals surface area contributed by atoms with Crippen molar-refractivity contribution in [3.63, 3.8) is 0 Å². The highest BCUT2D eigenvalue weighted by molar-refractivity contribution is 5.73. The van der Waals surface area contributed by atoms with Gasteiger partial charge in [0.25, 0.3) is 0 Å². The fourth-order valence-corrected chi connectivity index (χ4v) is 2.37. The highest BCUT2D eigenvalue weighted by Gasteiger charge is 2.18. The van der Waals surface area contributed by atoms with Crippen LogP contribution in [0, 0.1) is 5.92 Å². The number of aliphatic hydroxyl groups excluding tert-OH is 1. The first-order valence-corrected chi connectivity index (χ1v) is 6.35. The van der Waals surface area contributed by atoms with Crippen LogP contribution in [-0.2, 0) is 4.79 Å². The first-order chi connectivity index (χ1) is 7.68. The molecule has 0 spiro atoms. The van der Waals surface area contributed by atoms with Gasteiger partial charge in [0, 0.05) is 13.0 Å². The molecule has 1 saturated carbocycles. The molecule has 0 saturated heterocycles. The summed E-state index contributed by atoms with van der Waals surface area (Å²) in [4.78, 5) is 10.5. The van der Waals surface area contributed by atoms with Gasteiger partial charge in [-0.1, -0.05) is 25.7 Å². The van der Waals surface area contributed by atoms with E-state index in [0.717, 1.165) is 25.3 Å². The zero-order chi connectivity index (χ0) is 11.8. The quantitative estimate of drug-likeness (QED) is 0.537. The molecule has 16 heavy (non-hydrogen) atoms. The minimum atomic E-state index is -0.256. The molecule has 0 aromatic heterocycles. The van der Waals surface area contributed by atoms with Crippen LogP contribution in [0.1, 0.15) is 44.9 Å². The van der Waals surface area contributed by atoms with E-state index in [-0.39, 0.29) is 12.0 Å². The lowest BCUT2D eigenvalue weighted by Crippen LogP contribution is -2.29. The number of rotatable bonds is 8. The number of amides is 1. The zero-order valence-electron chi connectivity index (χ0n) is 9.95. The minimum Gasteiger partial charge on any atom is -0.392 e. The Morgan fingerprint density at radius 2 is 2.12 bits per heavy atom. The Kier molecular flexibility index (Phi) is 6.42. The van der Waals surface area contributed by atoms with Crippen molar-refractivity contribution in [3.8, 4) is 0 Å². The molecule has 94 valence electrons. The molecule has 1 amide bonds. The number of aliphatic hydroxyl groups is 1. The number of nitrogens with one attached hydrogen (secondary N) is 1. The van der Waals surface area contributed by atoms with Gasteiger partial charge in [-0.05, 0) is 25.3 Å². The number of carbonyl (C=O) groups excluding carboxylic acids is 1. The Balaban J connectivity index is 1.93. The maximum atomic E-state index is 10.5. The van der Waals surface area contributed by atoms with Crippen molar-refractivity contribution in [2.75, 3.05) is 13.1 Å². The highest BCUT2D eigenvalue weighted by Crippen LogP contribution is 2.28. The van der Waals surface area contributed by atoms with E-state index in [4.69, 9.17) is 5.73 Å². The topological polar surface area (TPSA) is 75.4 Å². The predicted molar refractivity (Wildman–Crippen MR) is 63.9 cm³/mol. The molecule has 0 aliphatic heterocycles. The van der Waals surface area contributed by atoms with Crippen molar-refractivity contribution in [1.82, 2.24) is 5.32 Å². The monoisotopic (exact) mass is 228 g/mol. The van der Waals surface area contributed by atoms with Crippen LogP contribution >= 0.6 is 0 Å². The SMILES string of the molecule is NC(=O)CCCNCC(O)CC1CCCC1. The summed E-state index contributed by atoms with van der Waals surface area (Å²) < 4.78 is 0. The Morgan fingerprint density at radius 3 is 2.75 bits per heavy atom. The predicted octanol–water partition coefficient (Wildman–Crippen LogP) is 0.783. The zero-order valence-corrected chi connectivity index (χ0v) is 9.95. The molecule has 0 aromatic rings. The van der Waals surface area contributed by atoms with Crippen molar-refractivity contribution in [3.05, 3.63) is 0 Å². The van der Waals surface area contributed by atoms with Crippen LogP contribution in [0.5, 0.6) is 0 Å². The second-order valence-corrected chi connectivity index (χ2v) is 4.81. The van der Waals surface area contributed by atoms with E-state index in [1.165, 1.54) is 25.7 Å². The number of hydrogen-bond acceptors (Lipinski definition) is 3. The molecular formula is C12H24N2O2. The van der Waals surface area contributed by atoms with Crippen LogP contribution in [0.3, 0.4) is 0 Å². The largest absolute Gasteiger partial charge is 0.392 e. The molecule has 1 aliphatic carbocycles. The normalized spacial score (nSPS) is 18.8. The van der Waals surface area contributed by atoms with Crippen LogP contribution < -0.4 is 11.1 Å². The Hall–Kier alpha value is -0.610. The molecule has 1 aliphatic rings. The summed E-state index contributed by atoms with van der Waals surface area (Å²) in [6.07, 6.45) is 7.06. The summed E-state index contributed by atoms with van der Waals surface area (Å²) in [5.74, 6) is 0.468. The van der Waals surface area contributed by atoms with Crippen LogP contribution in [0.4, 0.5) is 0 Å². The van der Waals surface area contributed by atoms with Crippen molar-refractivity contribution in [2.45, 2.75) is 51.0 Å². The minimum absolute atomic E-state index is 0.239. The lowest BCUT2D eigenvalue weighted by Gasteiger charge is -2.15. The third kappa shape index (κ3) is 6.08. The average Bonchev–Trinajstić information content (AvgIpc) is 2.69. The van der Waals surface area contributed by atoms with Gasteiger partial charge < -0.3 is 16.2 Å². The fraction of sp³-hybridized carbons (Fsp3) is 0.917. The van der Waals surface area contributed by atoms with Crippen molar-refractivity contribution < 1.29 is 9.90 Å². The number of carbonyl (C=O) groups is 1. The second kappa shape index (κ2) is 7.63. The average molecular weight is 228 g/mol. The van der Waals surface area contributed by atoms with Gasteiger partial charge >= 0.3 is 0 Å². The molecule has 0 aromatic carbocycles. The van der Waals surface area contributed by atoms with Crippen molar-refractivity contribution in [2.24, 2.45) is 11.7 Å². The molecule has 4 heteroatoms. The highest BCUT2D eigenvalue weighted by atomic mass is 16.3. The van der Waals surface area contributed by atoms with Crippen LogP contribution in [-0.4, -0.2) is 30.2 Å². The molecule has 1 unspecified atom stereocenters. The standard InChI is InChI=1S/C12H24N2O2/c13-12(16)6-3-7-14-9-11(15)8-10-4-1-2-5-10/h10-11,14-15H,1-9H2,(H2,13,16). The number of nitrogens with two attached hydrogens (primary N) is 1. The van der Waals surface area contributed by atoms with Gasteiger partial charge in [-0.3, -0.25) is 4.79 Å². The lowest BCUT2D eigenvalue weighted by atomic mass is 10.00. The molecular weight excluding hydrogens is 204 g/mol. The van der Waals surface area contributed by atoms with Gasteiger partial charge in [-0.15, -0.1) is 0 Å². The summed E-state index contributed by atoms with van der Waals surface area (Å²) in [7, 11) is 0. The smallest absolute Gasteiger partial charge is 0.217 e. The third-order valence-corrected chi connectivity index (χ3v) is 3.24. The Labute approximate surface area is 97.6 Å². The molecule has 0 radical (unpaired) electrons. The van der Waals surface area contributed by atoms with E-state index < -0.39 is 0 Å². The molecule has 1 atom stereocenters. The summed E-state index contributed by atoms with van der Waals surface area (Å²) in [5.41, 5.74) is 5.03. The van der Waals surface area contributed by atoms with Gasteiger partial charge in [0.15, 0.2) is 0 Å². The van der Waals surface area contributed by atoms with E-state index in [0.29, 0.717) is 13.0 Å². The third-order valence-electron chi connectivity index (χ3n) is 3.24. The van der Waals surface area contributed by atoms with Gasteiger partial charge in [-0.2, -0.15) is 0 Å². The van der Waals surface area contributed by atoms with Gasteiger partial charge in [0.1, 0.15) is 0 Å². The fourth-order valence-electron chi connectivity index (χ4n) is 2.37. The number of hydrogen-bond donors (Lipinski definition) is 3. The first-order valence-electron chi connectivity index (χ1n) is 6.35. The second-order valence-electron chi connectivity index (χ2n) is 4.81. The number of primary amides is 1. The maximum Gasteiger partial charge on any atom is 0.217 e. The summed E-state index contributed by atoms with van der Waals surface area (Å²) >= 11 is 0.